The number of aliphatic carboxylic acids is 4. The highest BCUT2D eigenvalue weighted by molar-refractivity contribution is 7.51. The number of hydrogen-bond acceptors (Lipinski definition) is 24. The second-order valence-electron chi connectivity index (χ2n) is 16.0. The molecule has 72 heavy (non-hydrogen) atoms. The van der Waals surface area contributed by atoms with Crippen LogP contribution < -0.4 is 22.1 Å². The first-order valence-corrected chi connectivity index (χ1v) is 23.6. The van der Waals surface area contributed by atoms with E-state index in [4.69, 9.17) is 21.7 Å². The van der Waals surface area contributed by atoms with Crippen molar-refractivity contribution in [1.82, 2.24) is 35.1 Å². The molecule has 0 fully saturated rings. The first kappa shape index (κ1) is 67.3. The van der Waals surface area contributed by atoms with Crippen molar-refractivity contribution >= 4 is 55.1 Å². The van der Waals surface area contributed by atoms with Crippen molar-refractivity contribution in [2.45, 2.75) is 73.8 Å². The van der Waals surface area contributed by atoms with Crippen LogP contribution in [0, 0.1) is 0 Å². The number of amides is 4. The number of nitrogens with two attached hydrogens (primary N) is 2. The molecule has 0 heterocycles. The molecule has 0 saturated heterocycles. The van der Waals surface area contributed by atoms with Crippen molar-refractivity contribution in [1.29, 1.82) is 0 Å². The van der Waals surface area contributed by atoms with Crippen molar-refractivity contribution < 1.29 is 124 Å². The standard InChI is InChI=1S/C37H70N9O25P/c38-1-5-43(6-2-39)24(51)13-20(36(65)66)45(15-26(53)54)11-9-42(19-72(69,70)71)10-12-46(16-27(55)56)21(37(67)68)14-25(52)44(7-3-40-34(63)32(61)30(59)28(57)22(49)17-47)8-4-41-35(64)33(62)31(60)29(58)23(50)18-48/h20-23,28-33,47-50,57-62H,1-19,38-39H2,(H,40,63)(H,41,64)(H,53,54)(H,55,56)(H,65,66)(H,67,68)(H2,69,70,71). The van der Waals surface area contributed by atoms with Gasteiger partial charge in [0.2, 0.25) is 11.8 Å². The highest BCUT2D eigenvalue weighted by atomic mass is 31.2. The summed E-state index contributed by atoms with van der Waals surface area (Å²) in [4.78, 5) is 125. The Hall–Kier alpha value is -4.69. The maximum atomic E-state index is 13.8. The van der Waals surface area contributed by atoms with Crippen LogP contribution in [0.3, 0.4) is 0 Å². The van der Waals surface area contributed by atoms with Gasteiger partial charge in [0.05, 0.1) is 39.1 Å². The van der Waals surface area contributed by atoms with E-state index in [1.54, 1.807) is 0 Å². The number of nitrogens with one attached hydrogen (secondary N) is 2. The average molecular weight is 1070 g/mol. The van der Waals surface area contributed by atoms with Crippen LogP contribution >= 0.6 is 7.60 Å². The molecule has 22 N–H and O–H groups in total. The number of carbonyl (C=O) groups excluding carboxylic acids is 4. The minimum atomic E-state index is -5.06. The third-order valence-electron chi connectivity index (χ3n) is 10.6. The van der Waals surface area contributed by atoms with Gasteiger partial charge in [0.1, 0.15) is 55.0 Å². The van der Waals surface area contributed by atoms with Gasteiger partial charge in [0, 0.05) is 78.5 Å². The lowest BCUT2D eigenvalue weighted by molar-refractivity contribution is -0.151. The Bertz CT molecular complexity index is 1740. The van der Waals surface area contributed by atoms with Crippen molar-refractivity contribution in [3.8, 4) is 0 Å². The van der Waals surface area contributed by atoms with E-state index >= 15 is 0 Å². The number of aliphatic hydroxyl groups excluding tert-OH is 10. The summed E-state index contributed by atoms with van der Waals surface area (Å²) in [5.74, 6) is -11.6. The summed E-state index contributed by atoms with van der Waals surface area (Å²) in [6.07, 6.45) is -21.2. The number of nitrogens with zero attached hydrogens (tertiary/aromatic N) is 5. The Kier molecular flexibility index (Phi) is 31.7. The second kappa shape index (κ2) is 33.9. The molecule has 35 heteroatoms. The zero-order chi connectivity index (χ0) is 55.6. The summed E-state index contributed by atoms with van der Waals surface area (Å²) in [6.45, 7) is -9.74. The van der Waals surface area contributed by atoms with Gasteiger partial charge in [0.25, 0.3) is 11.8 Å². The maximum Gasteiger partial charge on any atom is 0.339 e. The van der Waals surface area contributed by atoms with Gasteiger partial charge in [-0.1, -0.05) is 0 Å². The van der Waals surface area contributed by atoms with Gasteiger partial charge in [-0.15, -0.1) is 0 Å². The summed E-state index contributed by atoms with van der Waals surface area (Å²) in [6, 6.07) is -3.94. The first-order chi connectivity index (χ1) is 33.5. The lowest BCUT2D eigenvalue weighted by Gasteiger charge is -2.34. The largest absolute Gasteiger partial charge is 0.480 e. The van der Waals surface area contributed by atoms with Crippen LogP contribution in [0.15, 0.2) is 0 Å². The van der Waals surface area contributed by atoms with Crippen LogP contribution in [0.4, 0.5) is 0 Å². The first-order valence-electron chi connectivity index (χ1n) is 21.8. The second-order valence-corrected chi connectivity index (χ2v) is 17.7. The highest BCUT2D eigenvalue weighted by Gasteiger charge is 2.37. The third kappa shape index (κ3) is 24.8. The van der Waals surface area contributed by atoms with Crippen LogP contribution in [-0.4, -0.2) is 325 Å². The molecule has 0 bridgehead atoms. The fraction of sp³-hybridized carbons (Fsp3) is 0.784. The van der Waals surface area contributed by atoms with Crippen molar-refractivity contribution in [3.05, 3.63) is 0 Å². The van der Waals surface area contributed by atoms with E-state index in [-0.39, 0.29) is 26.2 Å². The lowest BCUT2D eigenvalue weighted by Crippen LogP contribution is -2.54. The average Bonchev–Trinajstić information content (AvgIpc) is 3.30. The smallest absolute Gasteiger partial charge is 0.339 e. The summed E-state index contributed by atoms with van der Waals surface area (Å²) in [7, 11) is -5.06. The van der Waals surface area contributed by atoms with Crippen molar-refractivity contribution in [2.24, 2.45) is 11.5 Å². The Labute approximate surface area is 410 Å². The summed E-state index contributed by atoms with van der Waals surface area (Å²) < 4.78 is 12.2. The number of carbonyl (C=O) groups is 8. The number of aliphatic hydroxyl groups is 10. The number of hydrogen-bond donors (Lipinski definition) is 20. The fourth-order valence-corrected chi connectivity index (χ4v) is 7.46. The van der Waals surface area contributed by atoms with E-state index in [9.17, 15) is 114 Å². The number of rotatable bonds is 40. The lowest BCUT2D eigenvalue weighted by atomic mass is 10.0. The molecule has 0 rings (SSSR count). The van der Waals surface area contributed by atoms with Gasteiger partial charge >= 0.3 is 31.5 Å². The van der Waals surface area contributed by atoms with Gasteiger partial charge in [0.15, 0.2) is 12.2 Å². The van der Waals surface area contributed by atoms with E-state index in [2.05, 4.69) is 10.6 Å². The summed E-state index contributed by atoms with van der Waals surface area (Å²) in [5, 5.41) is 141. The van der Waals surface area contributed by atoms with E-state index in [0.29, 0.717) is 4.90 Å². The minimum Gasteiger partial charge on any atom is -0.480 e. The molecule has 0 aliphatic heterocycles. The monoisotopic (exact) mass is 1070 g/mol. The molecular formula is C37H70N9O25P. The van der Waals surface area contributed by atoms with Crippen molar-refractivity contribution in [2.75, 3.05) is 111 Å². The molecule has 0 aromatic rings. The van der Waals surface area contributed by atoms with Crippen LogP contribution in [-0.2, 0) is 42.9 Å². The van der Waals surface area contributed by atoms with Crippen LogP contribution in [0.1, 0.15) is 12.8 Å². The third-order valence-corrected chi connectivity index (χ3v) is 11.3. The van der Waals surface area contributed by atoms with Gasteiger partial charge < -0.3 is 113 Å². The van der Waals surface area contributed by atoms with Crippen molar-refractivity contribution in [3.63, 3.8) is 0 Å². The molecule has 0 aromatic carbocycles. The zero-order valence-electron chi connectivity index (χ0n) is 38.9. The summed E-state index contributed by atoms with van der Waals surface area (Å²) >= 11 is 0. The molecule has 0 radical (unpaired) electrons. The predicted octanol–water partition coefficient (Wildman–Crippen LogP) is -12.4. The molecular weight excluding hydrogens is 1000 g/mol. The zero-order valence-corrected chi connectivity index (χ0v) is 39.8. The molecule has 10 atom stereocenters. The van der Waals surface area contributed by atoms with E-state index in [0.717, 1.165) is 19.6 Å². The van der Waals surface area contributed by atoms with E-state index in [1.807, 2.05) is 0 Å². The van der Waals surface area contributed by atoms with Crippen LogP contribution in [0.25, 0.3) is 0 Å². The Morgan fingerprint density at radius 3 is 1.11 bits per heavy atom. The minimum absolute atomic E-state index is 0.0330. The normalized spacial score (nSPS) is 16.1. The molecule has 34 nitrogen and oxygen atoms in total. The van der Waals surface area contributed by atoms with Gasteiger partial charge in [-0.25, -0.2) is 0 Å². The van der Waals surface area contributed by atoms with Gasteiger partial charge in [-0.05, 0) is 0 Å². The number of carboxylic acids is 4. The fourth-order valence-electron chi connectivity index (χ4n) is 6.65. The molecule has 0 saturated carbocycles. The molecule has 0 aromatic heterocycles. The highest BCUT2D eigenvalue weighted by Crippen LogP contribution is 2.35. The van der Waals surface area contributed by atoms with Gasteiger partial charge in [-0.3, -0.25) is 57.6 Å². The quantitative estimate of drug-likeness (QED) is 0.0253. The van der Waals surface area contributed by atoms with E-state index in [1.165, 1.54) is 0 Å². The van der Waals surface area contributed by atoms with Crippen LogP contribution in [0.2, 0.25) is 0 Å². The Balaban J connectivity index is 6.73. The molecule has 0 spiro atoms. The summed E-state index contributed by atoms with van der Waals surface area (Å²) in [5.41, 5.74) is 11.1. The molecule has 4 amide bonds. The maximum absolute atomic E-state index is 13.8. The molecule has 418 valence electrons. The molecule has 0 aliphatic rings. The Morgan fingerprint density at radius 1 is 0.500 bits per heavy atom. The number of carboxylic acid groups (broad SMARTS) is 4. The molecule has 10 unspecified atom stereocenters. The SMILES string of the molecule is NCCN(CCN)C(=O)CC(C(=O)O)N(CCN(CCN(CC(=O)O)C(CC(=O)N(CCNC(=O)C(O)C(O)C(O)C(O)CO)CCNC(=O)C(O)C(O)C(O)C(O)CO)C(=O)O)CP(=O)(O)O)CC(=O)O. The Morgan fingerprint density at radius 2 is 0.833 bits per heavy atom. The van der Waals surface area contributed by atoms with Crippen LogP contribution in [0.5, 0.6) is 0 Å². The topological polar surface area (TPSA) is 570 Å². The molecule has 0 aliphatic carbocycles. The van der Waals surface area contributed by atoms with Gasteiger partial charge in [-0.2, -0.15) is 0 Å². The van der Waals surface area contributed by atoms with E-state index < -0.39 is 214 Å². The predicted molar refractivity (Wildman–Crippen MR) is 238 cm³/mol.